The van der Waals surface area contributed by atoms with E-state index in [0.29, 0.717) is 30.1 Å². The molecule has 1 N–H and O–H groups in total. The van der Waals surface area contributed by atoms with Crippen molar-refractivity contribution in [3.8, 4) is 0 Å². The minimum atomic E-state index is -3.31. The summed E-state index contributed by atoms with van der Waals surface area (Å²) in [5.74, 6) is -0.686. The number of rotatable bonds is 4. The van der Waals surface area contributed by atoms with E-state index in [1.165, 1.54) is 35.2 Å². The zero-order valence-electron chi connectivity index (χ0n) is 15.0. The molecule has 1 fully saturated rings. The average Bonchev–Trinajstić information content (AvgIpc) is 3.13. The van der Waals surface area contributed by atoms with Gasteiger partial charge in [0.25, 0.3) is 5.91 Å². The van der Waals surface area contributed by atoms with Gasteiger partial charge in [0, 0.05) is 23.5 Å². The van der Waals surface area contributed by atoms with Crippen LogP contribution < -0.4 is 5.32 Å². The number of nitrogens with one attached hydrogen (secondary N) is 1. The van der Waals surface area contributed by atoms with Crippen molar-refractivity contribution in [3.63, 3.8) is 0 Å². The SMILES string of the molecule is CS(=O)(=O)c1ccc(NC(=O)C2CCCN2C(=O)c2cc(Cl)ccc2Cl)cc1. The Morgan fingerprint density at radius 1 is 1.11 bits per heavy atom. The predicted molar refractivity (Wildman–Crippen MR) is 109 cm³/mol. The molecule has 1 unspecified atom stereocenters. The van der Waals surface area contributed by atoms with Gasteiger partial charge in [-0.15, -0.1) is 0 Å². The molecule has 0 radical (unpaired) electrons. The van der Waals surface area contributed by atoms with Gasteiger partial charge < -0.3 is 10.2 Å². The number of likely N-dealkylation sites (tertiary alicyclic amines) is 1. The highest BCUT2D eigenvalue weighted by atomic mass is 35.5. The summed E-state index contributed by atoms with van der Waals surface area (Å²) in [5, 5.41) is 3.40. The maximum absolute atomic E-state index is 12.9. The van der Waals surface area contributed by atoms with Crippen LogP contribution in [0.5, 0.6) is 0 Å². The van der Waals surface area contributed by atoms with Gasteiger partial charge in [-0.25, -0.2) is 8.42 Å². The van der Waals surface area contributed by atoms with Crippen molar-refractivity contribution in [1.82, 2.24) is 4.90 Å². The summed E-state index contributed by atoms with van der Waals surface area (Å²) in [7, 11) is -3.31. The lowest BCUT2D eigenvalue weighted by molar-refractivity contribution is -0.119. The minimum Gasteiger partial charge on any atom is -0.327 e. The number of benzene rings is 2. The maximum atomic E-state index is 12.9. The van der Waals surface area contributed by atoms with Crippen LogP contribution in [-0.2, 0) is 14.6 Å². The van der Waals surface area contributed by atoms with Gasteiger partial charge in [0.15, 0.2) is 9.84 Å². The third kappa shape index (κ3) is 4.48. The van der Waals surface area contributed by atoms with Crippen LogP contribution in [0, 0.1) is 0 Å². The van der Waals surface area contributed by atoms with Crippen molar-refractivity contribution in [3.05, 3.63) is 58.1 Å². The molecule has 1 saturated heterocycles. The molecule has 2 aromatic rings. The van der Waals surface area contributed by atoms with Crippen LogP contribution in [0.25, 0.3) is 0 Å². The minimum absolute atomic E-state index is 0.166. The lowest BCUT2D eigenvalue weighted by atomic mass is 10.1. The first-order valence-corrected chi connectivity index (χ1v) is 11.2. The number of sulfone groups is 1. The van der Waals surface area contributed by atoms with Crippen LogP contribution in [0.2, 0.25) is 10.0 Å². The fourth-order valence-electron chi connectivity index (χ4n) is 3.11. The van der Waals surface area contributed by atoms with Crippen LogP contribution in [0.15, 0.2) is 47.4 Å². The summed E-state index contributed by atoms with van der Waals surface area (Å²) in [4.78, 5) is 27.2. The van der Waals surface area contributed by atoms with Gasteiger partial charge in [-0.1, -0.05) is 23.2 Å². The highest BCUT2D eigenvalue weighted by Crippen LogP contribution is 2.27. The van der Waals surface area contributed by atoms with Gasteiger partial charge in [0.2, 0.25) is 5.91 Å². The second kappa shape index (κ2) is 8.11. The van der Waals surface area contributed by atoms with Gasteiger partial charge in [0.1, 0.15) is 6.04 Å². The standard InChI is InChI=1S/C19H18Cl2N2O4S/c1-28(26,27)14-7-5-13(6-8-14)22-18(24)17-3-2-10-23(17)19(25)15-11-12(20)4-9-16(15)21/h4-9,11,17H,2-3,10H2,1H3,(H,22,24). The number of nitrogens with zero attached hydrogens (tertiary/aromatic N) is 1. The molecule has 3 rings (SSSR count). The van der Waals surface area contributed by atoms with E-state index in [2.05, 4.69) is 5.32 Å². The number of hydrogen-bond donors (Lipinski definition) is 1. The monoisotopic (exact) mass is 440 g/mol. The first kappa shape index (κ1) is 20.6. The predicted octanol–water partition coefficient (Wildman–Crippen LogP) is 3.64. The molecular weight excluding hydrogens is 423 g/mol. The number of anilines is 1. The summed E-state index contributed by atoms with van der Waals surface area (Å²) in [5.41, 5.74) is 0.712. The second-order valence-electron chi connectivity index (χ2n) is 6.57. The van der Waals surface area contributed by atoms with Crippen LogP contribution in [0.1, 0.15) is 23.2 Å². The third-order valence-electron chi connectivity index (χ3n) is 4.53. The Morgan fingerprint density at radius 2 is 1.79 bits per heavy atom. The summed E-state index contributed by atoms with van der Waals surface area (Å²) in [6.45, 7) is 0.437. The number of carbonyl (C=O) groups excluding carboxylic acids is 2. The largest absolute Gasteiger partial charge is 0.327 e. The summed E-state index contributed by atoms with van der Waals surface area (Å²) < 4.78 is 23.1. The molecule has 148 valence electrons. The first-order valence-electron chi connectivity index (χ1n) is 8.54. The molecule has 1 heterocycles. The summed E-state index contributed by atoms with van der Waals surface area (Å²) in [6, 6.07) is 9.87. The topological polar surface area (TPSA) is 83.6 Å². The molecule has 0 bridgehead atoms. The molecule has 28 heavy (non-hydrogen) atoms. The molecule has 2 amide bonds. The molecule has 0 aliphatic carbocycles. The van der Waals surface area contributed by atoms with Gasteiger partial charge in [-0.2, -0.15) is 0 Å². The van der Waals surface area contributed by atoms with E-state index in [1.807, 2.05) is 0 Å². The maximum Gasteiger partial charge on any atom is 0.256 e. The Balaban J connectivity index is 1.76. The molecule has 2 aromatic carbocycles. The molecule has 0 spiro atoms. The van der Waals surface area contributed by atoms with E-state index >= 15 is 0 Å². The molecular formula is C19H18Cl2N2O4S. The quantitative estimate of drug-likeness (QED) is 0.786. The van der Waals surface area contributed by atoms with Crippen molar-refractivity contribution in [2.75, 3.05) is 18.1 Å². The Kier molecular flexibility index (Phi) is 5.98. The van der Waals surface area contributed by atoms with Crippen molar-refractivity contribution in [2.24, 2.45) is 0 Å². The van der Waals surface area contributed by atoms with Crippen molar-refractivity contribution in [2.45, 2.75) is 23.8 Å². The third-order valence-corrected chi connectivity index (χ3v) is 6.22. The molecule has 6 nitrogen and oxygen atoms in total. The second-order valence-corrected chi connectivity index (χ2v) is 9.43. The molecule has 9 heteroatoms. The van der Waals surface area contributed by atoms with Crippen LogP contribution >= 0.6 is 23.2 Å². The normalized spacial score (nSPS) is 16.8. The number of halogens is 2. The Hall–Kier alpha value is -2.09. The molecule has 0 saturated carbocycles. The zero-order valence-corrected chi connectivity index (χ0v) is 17.3. The Labute approximate surface area is 173 Å². The van der Waals surface area contributed by atoms with Crippen molar-refractivity contribution >= 4 is 50.5 Å². The zero-order chi connectivity index (χ0) is 20.5. The lowest BCUT2D eigenvalue weighted by Gasteiger charge is -2.24. The number of carbonyl (C=O) groups is 2. The average molecular weight is 441 g/mol. The van der Waals surface area contributed by atoms with Gasteiger partial charge in [-0.05, 0) is 55.3 Å². The van der Waals surface area contributed by atoms with Crippen LogP contribution in [0.4, 0.5) is 5.69 Å². The molecule has 1 aliphatic heterocycles. The Morgan fingerprint density at radius 3 is 2.43 bits per heavy atom. The smallest absolute Gasteiger partial charge is 0.256 e. The van der Waals surface area contributed by atoms with E-state index in [-0.39, 0.29) is 27.3 Å². The molecule has 0 aromatic heterocycles. The fourth-order valence-corrected chi connectivity index (χ4v) is 4.11. The number of amides is 2. The van der Waals surface area contributed by atoms with E-state index in [0.717, 1.165) is 6.26 Å². The van der Waals surface area contributed by atoms with Crippen LogP contribution in [0.3, 0.4) is 0 Å². The fraction of sp³-hybridized carbons (Fsp3) is 0.263. The van der Waals surface area contributed by atoms with Crippen molar-refractivity contribution < 1.29 is 18.0 Å². The number of hydrogen-bond acceptors (Lipinski definition) is 4. The lowest BCUT2D eigenvalue weighted by Crippen LogP contribution is -2.43. The highest BCUT2D eigenvalue weighted by Gasteiger charge is 2.35. The summed E-state index contributed by atoms with van der Waals surface area (Å²) in [6.07, 6.45) is 2.33. The highest BCUT2D eigenvalue weighted by molar-refractivity contribution is 7.90. The van der Waals surface area contributed by atoms with E-state index in [9.17, 15) is 18.0 Å². The van der Waals surface area contributed by atoms with Gasteiger partial charge in [-0.3, -0.25) is 9.59 Å². The molecule has 1 aliphatic rings. The van der Waals surface area contributed by atoms with E-state index in [1.54, 1.807) is 12.1 Å². The van der Waals surface area contributed by atoms with E-state index in [4.69, 9.17) is 23.2 Å². The Bertz CT molecular complexity index is 1020. The molecule has 1 atom stereocenters. The summed E-state index contributed by atoms with van der Waals surface area (Å²) >= 11 is 12.1. The van der Waals surface area contributed by atoms with Crippen LogP contribution in [-0.4, -0.2) is 44.0 Å². The van der Waals surface area contributed by atoms with Crippen molar-refractivity contribution in [1.29, 1.82) is 0 Å². The van der Waals surface area contributed by atoms with Gasteiger partial charge >= 0.3 is 0 Å². The van der Waals surface area contributed by atoms with E-state index < -0.39 is 15.9 Å². The van der Waals surface area contributed by atoms with Gasteiger partial charge in [0.05, 0.1) is 15.5 Å². The first-order chi connectivity index (χ1) is 13.2.